The van der Waals surface area contributed by atoms with Crippen LogP contribution in [-0.2, 0) is 6.54 Å². The summed E-state index contributed by atoms with van der Waals surface area (Å²) < 4.78 is 0. The van der Waals surface area contributed by atoms with Crippen molar-refractivity contribution in [2.75, 3.05) is 38.5 Å². The number of hydrogen-bond donors (Lipinski definition) is 5. The molecule has 7 N–H and O–H groups in total. The number of rotatable bonds is 6. The van der Waals surface area contributed by atoms with Gasteiger partial charge in [-0.05, 0) is 60.1 Å². The van der Waals surface area contributed by atoms with E-state index >= 15 is 0 Å². The van der Waals surface area contributed by atoms with Crippen LogP contribution in [0.25, 0.3) is 44.0 Å². The molecule has 0 bridgehead atoms. The second-order valence-electron chi connectivity index (χ2n) is 11.3. The lowest BCUT2D eigenvalue weighted by atomic mass is 9.92. The zero-order chi connectivity index (χ0) is 31.2. The van der Waals surface area contributed by atoms with E-state index in [1.165, 1.54) is 0 Å². The maximum absolute atomic E-state index is 13.4. The van der Waals surface area contributed by atoms with Crippen LogP contribution in [-0.4, -0.2) is 75.7 Å². The lowest BCUT2D eigenvalue weighted by molar-refractivity contribution is 0.0664. The van der Waals surface area contributed by atoms with Crippen LogP contribution >= 0.6 is 0 Å². The van der Waals surface area contributed by atoms with E-state index in [4.69, 9.17) is 11.5 Å². The predicted octanol–water partition coefficient (Wildman–Crippen LogP) is 4.06. The molecule has 4 aromatic carbocycles. The molecule has 11 heteroatoms. The third kappa shape index (κ3) is 4.97. The van der Waals surface area contributed by atoms with E-state index in [0.717, 1.165) is 40.5 Å². The highest BCUT2D eigenvalue weighted by atomic mass is 16.2. The number of fused-ring (bicyclic) bond motifs is 4. The Balaban J connectivity index is 1.31. The quantitative estimate of drug-likeness (QED) is 0.193. The second kappa shape index (κ2) is 11.2. The molecule has 2 aromatic heterocycles. The number of piperazine rings is 1. The minimum atomic E-state index is -0.572. The molecule has 0 aliphatic carbocycles. The summed E-state index contributed by atoms with van der Waals surface area (Å²) in [5, 5.41) is 4.58. The Morgan fingerprint density at radius 1 is 0.889 bits per heavy atom. The number of aromatic nitrogens is 3. The summed E-state index contributed by atoms with van der Waals surface area (Å²) in [6, 6.07) is 22.1. The van der Waals surface area contributed by atoms with Gasteiger partial charge in [0.15, 0.2) is 5.82 Å². The molecule has 45 heavy (non-hydrogen) atoms. The maximum atomic E-state index is 13.4. The number of likely N-dealkylation sites (N-methyl/N-ethyl adjacent to an activating group) is 1. The Bertz CT molecular complexity index is 2110. The van der Waals surface area contributed by atoms with E-state index in [9.17, 15) is 14.4 Å². The van der Waals surface area contributed by atoms with Gasteiger partial charge in [0.2, 0.25) is 0 Å². The van der Waals surface area contributed by atoms with Crippen molar-refractivity contribution in [1.82, 2.24) is 24.8 Å². The fraction of sp³-hybridized carbons (Fsp3) is 0.176. The van der Waals surface area contributed by atoms with Gasteiger partial charge >= 0.3 is 0 Å². The van der Waals surface area contributed by atoms with Crippen LogP contribution in [0.4, 0.5) is 5.69 Å². The Kier molecular flexibility index (Phi) is 7.03. The fourth-order valence-electron chi connectivity index (χ4n) is 6.19. The molecule has 0 saturated carbocycles. The van der Waals surface area contributed by atoms with E-state index in [1.54, 1.807) is 12.1 Å². The van der Waals surface area contributed by atoms with Crippen LogP contribution in [0, 0.1) is 0 Å². The van der Waals surface area contributed by atoms with Crippen LogP contribution < -0.4 is 16.8 Å². The number of primary amides is 1. The van der Waals surface area contributed by atoms with Crippen LogP contribution in [0.15, 0.2) is 72.8 Å². The first kappa shape index (κ1) is 28.3. The summed E-state index contributed by atoms with van der Waals surface area (Å²) in [6.45, 7) is 3.12. The van der Waals surface area contributed by atoms with E-state index < -0.39 is 11.8 Å². The van der Waals surface area contributed by atoms with Crippen molar-refractivity contribution < 1.29 is 14.4 Å². The summed E-state index contributed by atoms with van der Waals surface area (Å²) in [6.07, 6.45) is 0. The first-order chi connectivity index (χ1) is 21.8. The highest BCUT2D eigenvalue weighted by Gasteiger charge is 2.23. The molecular weight excluding hydrogens is 568 g/mol. The minimum Gasteiger partial charge on any atom is -0.366 e. The van der Waals surface area contributed by atoms with Gasteiger partial charge in [0, 0.05) is 60.3 Å². The summed E-state index contributed by atoms with van der Waals surface area (Å²) in [5.41, 5.74) is 18.6. The summed E-state index contributed by atoms with van der Waals surface area (Å²) >= 11 is 0. The molecule has 11 nitrogen and oxygen atoms in total. The van der Waals surface area contributed by atoms with Crippen molar-refractivity contribution in [2.45, 2.75) is 6.54 Å². The first-order valence-electron chi connectivity index (χ1n) is 14.8. The number of aromatic amines is 2. The molecule has 1 aliphatic heterocycles. The molecule has 1 aliphatic rings. The van der Waals surface area contributed by atoms with Gasteiger partial charge in [0.1, 0.15) is 0 Å². The largest absolute Gasteiger partial charge is 0.366 e. The van der Waals surface area contributed by atoms with Crippen molar-refractivity contribution in [3.8, 4) is 11.1 Å². The first-order valence-corrected chi connectivity index (χ1v) is 14.8. The SMILES string of the molecule is CN1CCN(C(=O)c2ccc3c(c2)[nH]c2c(C(N)=O)ccc(-c4cccc(NC(=O)c5nc6ccccc6[nH]5)c4CN)c23)CC1. The normalized spacial score (nSPS) is 14.0. The van der Waals surface area contributed by atoms with Crippen molar-refractivity contribution in [3.05, 3.63) is 95.3 Å². The number of amides is 3. The fourth-order valence-corrected chi connectivity index (χ4v) is 6.19. The number of H-pyrrole nitrogens is 2. The van der Waals surface area contributed by atoms with Gasteiger partial charge < -0.3 is 36.6 Å². The molecule has 1 saturated heterocycles. The third-order valence-corrected chi connectivity index (χ3v) is 8.58. The number of carbonyl (C=O) groups is 3. The molecule has 1 fully saturated rings. The van der Waals surface area contributed by atoms with Crippen molar-refractivity contribution in [2.24, 2.45) is 11.5 Å². The lowest BCUT2D eigenvalue weighted by Gasteiger charge is -2.32. The van der Waals surface area contributed by atoms with Crippen molar-refractivity contribution in [1.29, 1.82) is 0 Å². The Labute approximate surface area is 258 Å². The zero-order valence-corrected chi connectivity index (χ0v) is 24.7. The zero-order valence-electron chi connectivity index (χ0n) is 24.7. The molecule has 0 spiro atoms. The lowest BCUT2D eigenvalue weighted by Crippen LogP contribution is -2.47. The topological polar surface area (TPSA) is 166 Å². The highest BCUT2D eigenvalue weighted by Crippen LogP contribution is 2.39. The third-order valence-electron chi connectivity index (χ3n) is 8.58. The van der Waals surface area contributed by atoms with Gasteiger partial charge in [-0.15, -0.1) is 0 Å². The molecule has 7 rings (SSSR count). The van der Waals surface area contributed by atoms with E-state index in [-0.39, 0.29) is 18.3 Å². The monoisotopic (exact) mass is 600 g/mol. The smallest absolute Gasteiger partial charge is 0.291 e. The number of carbonyl (C=O) groups excluding carboxylic acids is 3. The van der Waals surface area contributed by atoms with Gasteiger partial charge in [0.25, 0.3) is 17.7 Å². The van der Waals surface area contributed by atoms with Gasteiger partial charge in [-0.1, -0.05) is 36.4 Å². The predicted molar refractivity (Wildman–Crippen MR) is 175 cm³/mol. The average Bonchev–Trinajstić information content (AvgIpc) is 3.66. The number of para-hydroxylation sites is 2. The van der Waals surface area contributed by atoms with Crippen LogP contribution in [0.5, 0.6) is 0 Å². The second-order valence-corrected chi connectivity index (χ2v) is 11.3. The summed E-state index contributed by atoms with van der Waals surface area (Å²) in [5.74, 6) is -0.802. The molecule has 6 aromatic rings. The summed E-state index contributed by atoms with van der Waals surface area (Å²) in [7, 11) is 2.05. The molecule has 0 radical (unpaired) electrons. The molecule has 0 unspecified atom stereocenters. The van der Waals surface area contributed by atoms with E-state index in [2.05, 4.69) is 25.2 Å². The minimum absolute atomic E-state index is 0.0303. The summed E-state index contributed by atoms with van der Waals surface area (Å²) in [4.78, 5) is 54.0. The highest BCUT2D eigenvalue weighted by molar-refractivity contribution is 6.20. The van der Waals surface area contributed by atoms with Crippen LogP contribution in [0.1, 0.15) is 36.9 Å². The van der Waals surface area contributed by atoms with Gasteiger partial charge in [0.05, 0.1) is 22.1 Å². The molecular formula is C34H32N8O3. The number of nitrogens with zero attached hydrogens (tertiary/aromatic N) is 3. The van der Waals surface area contributed by atoms with Gasteiger partial charge in [-0.2, -0.15) is 0 Å². The van der Waals surface area contributed by atoms with Crippen LogP contribution in [0.2, 0.25) is 0 Å². The Hall–Kier alpha value is -5.52. The van der Waals surface area contributed by atoms with Gasteiger partial charge in [-0.3, -0.25) is 14.4 Å². The standard InChI is InChI=1S/C34H32N8O3/c1-41-13-15-42(16-14-41)34(45)19-9-10-22-28(17-19)37-30-23(31(36)43)12-11-21(29(22)30)20-5-4-8-25(24(20)18-35)40-33(44)32-38-26-6-2-3-7-27(26)39-32/h2-12,17,37H,13-16,18,35H2,1H3,(H2,36,43)(H,38,39)(H,40,44). The average molecular weight is 601 g/mol. The number of hydrogen-bond acceptors (Lipinski definition) is 6. The molecule has 3 heterocycles. The van der Waals surface area contributed by atoms with Crippen molar-refractivity contribution >= 4 is 56.2 Å². The van der Waals surface area contributed by atoms with E-state index in [0.29, 0.717) is 52.0 Å². The van der Waals surface area contributed by atoms with Gasteiger partial charge in [-0.25, -0.2) is 4.98 Å². The molecule has 226 valence electrons. The number of imidazole rings is 1. The Morgan fingerprint density at radius 2 is 1.69 bits per heavy atom. The van der Waals surface area contributed by atoms with Crippen molar-refractivity contribution in [3.63, 3.8) is 0 Å². The number of nitrogens with one attached hydrogen (secondary N) is 3. The van der Waals surface area contributed by atoms with E-state index in [1.807, 2.05) is 72.6 Å². The Morgan fingerprint density at radius 3 is 2.44 bits per heavy atom. The molecule has 0 atom stereocenters. The molecule has 3 amide bonds. The maximum Gasteiger partial charge on any atom is 0.291 e. The van der Waals surface area contributed by atoms with Crippen LogP contribution in [0.3, 0.4) is 0 Å². The number of nitrogens with two attached hydrogens (primary N) is 2. The number of anilines is 1. The number of benzene rings is 4.